The topological polar surface area (TPSA) is 44.6 Å². The third-order valence-electron chi connectivity index (χ3n) is 2.39. The highest BCUT2D eigenvalue weighted by molar-refractivity contribution is 7.99. The first-order chi connectivity index (χ1) is 7.92. The fourth-order valence-corrected chi connectivity index (χ4v) is 2.46. The van der Waals surface area contributed by atoms with Gasteiger partial charge in [0.25, 0.3) is 0 Å². The highest BCUT2D eigenvalue weighted by atomic mass is 32.2. The highest BCUT2D eigenvalue weighted by Gasteiger charge is 2.10. The number of hydrogen-bond donors (Lipinski definition) is 2. The van der Waals surface area contributed by atoms with Crippen LogP contribution in [0.3, 0.4) is 0 Å². The Hall–Kier alpha value is -1.00. The summed E-state index contributed by atoms with van der Waals surface area (Å²) in [5.74, 6) is 1.72. The van der Waals surface area contributed by atoms with Gasteiger partial charge in [-0.1, -0.05) is 18.2 Å². The number of aliphatic hydroxyl groups is 1. The summed E-state index contributed by atoms with van der Waals surface area (Å²) in [6.07, 6.45) is 1.11. The number of amidine groups is 1. The molecule has 1 aromatic rings. The number of aliphatic hydroxyl groups excluding tert-OH is 1. The molecule has 3 nitrogen and oxygen atoms in total. The molecular weight excluding hydrogens is 220 g/mol. The lowest BCUT2D eigenvalue weighted by molar-refractivity contribution is 0.322. The number of hydrogen-bond acceptors (Lipinski definition) is 4. The first-order valence-corrected chi connectivity index (χ1v) is 6.52. The molecule has 0 aromatic heterocycles. The van der Waals surface area contributed by atoms with Crippen LogP contribution in [0.1, 0.15) is 12.0 Å². The van der Waals surface area contributed by atoms with Gasteiger partial charge in [-0.25, -0.2) is 0 Å². The molecule has 0 aliphatic carbocycles. The van der Waals surface area contributed by atoms with Crippen molar-refractivity contribution in [2.75, 3.05) is 25.4 Å². The number of nitrogens with one attached hydrogen (secondary N) is 1. The summed E-state index contributed by atoms with van der Waals surface area (Å²) in [7, 11) is 0. The van der Waals surface area contributed by atoms with Gasteiger partial charge in [0.15, 0.2) is 0 Å². The van der Waals surface area contributed by atoms with E-state index in [-0.39, 0.29) is 6.61 Å². The second kappa shape index (κ2) is 5.92. The standard InChI is InChI=1S/C12H16N2OS/c15-8-9-16-11-5-2-1-4-10(11)12-13-6-3-7-14-12/h1-2,4-5,15H,3,6-9H2,(H,13,14). The molecule has 2 N–H and O–H groups in total. The first-order valence-electron chi connectivity index (χ1n) is 5.53. The number of aliphatic imine (C=N–C) groups is 1. The van der Waals surface area contributed by atoms with E-state index in [2.05, 4.69) is 22.4 Å². The molecule has 1 aliphatic heterocycles. The zero-order valence-corrected chi connectivity index (χ0v) is 9.96. The zero-order chi connectivity index (χ0) is 11.2. The van der Waals surface area contributed by atoms with Gasteiger partial charge in [0.2, 0.25) is 0 Å². The zero-order valence-electron chi connectivity index (χ0n) is 9.15. The summed E-state index contributed by atoms with van der Waals surface area (Å²) >= 11 is 1.67. The van der Waals surface area contributed by atoms with Crippen LogP contribution in [0.4, 0.5) is 0 Å². The molecule has 1 heterocycles. The predicted octanol–water partition coefficient (Wildman–Crippen LogP) is 1.51. The number of nitrogens with zero attached hydrogens (tertiary/aromatic N) is 1. The molecule has 1 aromatic carbocycles. The molecule has 4 heteroatoms. The van der Waals surface area contributed by atoms with E-state index in [0.29, 0.717) is 0 Å². The molecule has 0 amide bonds. The SMILES string of the molecule is OCCSc1ccccc1C1=NCCCN1. The average Bonchev–Trinajstić information content (AvgIpc) is 2.38. The van der Waals surface area contributed by atoms with Crippen LogP contribution >= 0.6 is 11.8 Å². The Kier molecular flexibility index (Phi) is 4.25. The van der Waals surface area contributed by atoms with Crippen molar-refractivity contribution in [2.45, 2.75) is 11.3 Å². The molecule has 0 radical (unpaired) electrons. The van der Waals surface area contributed by atoms with Gasteiger partial charge in [-0.2, -0.15) is 0 Å². The lowest BCUT2D eigenvalue weighted by Crippen LogP contribution is -2.30. The van der Waals surface area contributed by atoms with Crippen LogP contribution in [-0.2, 0) is 0 Å². The molecule has 0 saturated heterocycles. The summed E-state index contributed by atoms with van der Waals surface area (Å²) in [5, 5.41) is 12.2. The van der Waals surface area contributed by atoms with Crippen molar-refractivity contribution in [3.8, 4) is 0 Å². The summed E-state index contributed by atoms with van der Waals surface area (Å²) in [5.41, 5.74) is 1.15. The molecule has 16 heavy (non-hydrogen) atoms. The second-order valence-electron chi connectivity index (χ2n) is 3.58. The van der Waals surface area contributed by atoms with Crippen molar-refractivity contribution in [2.24, 2.45) is 4.99 Å². The first kappa shape index (κ1) is 11.5. The monoisotopic (exact) mass is 236 g/mol. The highest BCUT2D eigenvalue weighted by Crippen LogP contribution is 2.22. The Morgan fingerprint density at radius 1 is 1.38 bits per heavy atom. The Morgan fingerprint density at radius 3 is 3.00 bits per heavy atom. The van der Waals surface area contributed by atoms with Crippen LogP contribution < -0.4 is 5.32 Å². The van der Waals surface area contributed by atoms with Gasteiger partial charge in [0, 0.05) is 29.3 Å². The second-order valence-corrected chi connectivity index (χ2v) is 4.72. The van der Waals surface area contributed by atoms with E-state index in [4.69, 9.17) is 5.11 Å². The Labute approximate surface area is 100.0 Å². The van der Waals surface area contributed by atoms with Crippen molar-refractivity contribution in [1.82, 2.24) is 5.32 Å². The number of benzene rings is 1. The summed E-state index contributed by atoms with van der Waals surface area (Å²) in [6, 6.07) is 8.20. The van der Waals surface area contributed by atoms with E-state index in [9.17, 15) is 0 Å². The van der Waals surface area contributed by atoms with E-state index >= 15 is 0 Å². The summed E-state index contributed by atoms with van der Waals surface area (Å²) in [6.45, 7) is 2.11. The molecule has 2 rings (SSSR count). The van der Waals surface area contributed by atoms with Gasteiger partial charge in [-0.05, 0) is 12.5 Å². The van der Waals surface area contributed by atoms with E-state index in [1.165, 1.54) is 4.90 Å². The van der Waals surface area contributed by atoms with Crippen molar-refractivity contribution in [3.05, 3.63) is 29.8 Å². The number of thioether (sulfide) groups is 1. The van der Waals surface area contributed by atoms with E-state index in [1.807, 2.05) is 12.1 Å². The normalized spacial score (nSPS) is 15.4. The minimum Gasteiger partial charge on any atom is -0.396 e. The van der Waals surface area contributed by atoms with Gasteiger partial charge < -0.3 is 10.4 Å². The molecule has 1 aliphatic rings. The van der Waals surface area contributed by atoms with Crippen LogP contribution in [0.25, 0.3) is 0 Å². The quantitative estimate of drug-likeness (QED) is 0.779. The lowest BCUT2D eigenvalue weighted by Gasteiger charge is -2.17. The van der Waals surface area contributed by atoms with Crippen molar-refractivity contribution >= 4 is 17.6 Å². The Morgan fingerprint density at radius 2 is 2.25 bits per heavy atom. The summed E-state index contributed by atoms with van der Waals surface area (Å²) in [4.78, 5) is 5.68. The average molecular weight is 236 g/mol. The number of rotatable bonds is 4. The minimum atomic E-state index is 0.207. The van der Waals surface area contributed by atoms with Crippen LogP contribution in [0.5, 0.6) is 0 Å². The molecule has 0 bridgehead atoms. The largest absolute Gasteiger partial charge is 0.396 e. The molecular formula is C12H16N2OS. The lowest BCUT2D eigenvalue weighted by atomic mass is 10.2. The Bertz CT molecular complexity index is 379. The van der Waals surface area contributed by atoms with Gasteiger partial charge in [0.1, 0.15) is 5.84 Å². The molecule has 0 unspecified atom stereocenters. The van der Waals surface area contributed by atoms with E-state index in [1.54, 1.807) is 11.8 Å². The fourth-order valence-electron chi connectivity index (χ4n) is 1.66. The van der Waals surface area contributed by atoms with Crippen molar-refractivity contribution in [3.63, 3.8) is 0 Å². The minimum absolute atomic E-state index is 0.207. The molecule has 0 atom stereocenters. The van der Waals surface area contributed by atoms with Crippen LogP contribution in [0.15, 0.2) is 34.2 Å². The smallest absolute Gasteiger partial charge is 0.129 e. The van der Waals surface area contributed by atoms with Gasteiger partial charge >= 0.3 is 0 Å². The predicted molar refractivity (Wildman–Crippen MR) is 68.3 cm³/mol. The maximum Gasteiger partial charge on any atom is 0.129 e. The van der Waals surface area contributed by atoms with Crippen LogP contribution in [-0.4, -0.2) is 36.4 Å². The molecule has 0 fully saturated rings. The summed E-state index contributed by atoms with van der Waals surface area (Å²) < 4.78 is 0. The van der Waals surface area contributed by atoms with E-state index < -0.39 is 0 Å². The third kappa shape index (κ3) is 2.77. The van der Waals surface area contributed by atoms with Crippen molar-refractivity contribution in [1.29, 1.82) is 0 Å². The van der Waals surface area contributed by atoms with Crippen molar-refractivity contribution < 1.29 is 5.11 Å². The van der Waals surface area contributed by atoms with Gasteiger partial charge in [-0.15, -0.1) is 11.8 Å². The maximum absolute atomic E-state index is 8.86. The maximum atomic E-state index is 8.86. The fraction of sp³-hybridized carbons (Fsp3) is 0.417. The Balaban J connectivity index is 2.21. The third-order valence-corrected chi connectivity index (χ3v) is 3.44. The molecule has 0 spiro atoms. The van der Waals surface area contributed by atoms with Gasteiger partial charge in [-0.3, -0.25) is 4.99 Å². The van der Waals surface area contributed by atoms with Gasteiger partial charge in [0.05, 0.1) is 6.61 Å². The van der Waals surface area contributed by atoms with Crippen LogP contribution in [0, 0.1) is 0 Å². The molecule has 86 valence electrons. The van der Waals surface area contributed by atoms with Crippen LogP contribution in [0.2, 0.25) is 0 Å². The molecule has 0 saturated carbocycles. The van der Waals surface area contributed by atoms with E-state index in [0.717, 1.165) is 36.7 Å².